The monoisotopic (exact) mass is 292 g/mol. The quantitative estimate of drug-likeness (QED) is 0.814. The number of fused-ring (bicyclic) bond motifs is 1. The molecule has 0 aliphatic rings. The Balaban J connectivity index is 2.23. The lowest BCUT2D eigenvalue weighted by molar-refractivity contribution is 0.608. The molecule has 0 radical (unpaired) electrons. The molecule has 6 heteroatoms. The second-order valence-corrected chi connectivity index (χ2v) is 7.59. The summed E-state index contributed by atoms with van der Waals surface area (Å²) in [4.78, 5) is 4.27. The van der Waals surface area contributed by atoms with E-state index in [1.165, 1.54) is 0 Å². The van der Waals surface area contributed by atoms with Gasteiger partial charge in [-0.25, -0.2) is 4.21 Å². The summed E-state index contributed by atoms with van der Waals surface area (Å²) in [5, 5.41) is 5.45. The molecule has 0 spiro atoms. The van der Waals surface area contributed by atoms with Gasteiger partial charge in [0.15, 0.2) is 0 Å². The lowest BCUT2D eigenvalue weighted by atomic mass is 10.3. The summed E-state index contributed by atoms with van der Waals surface area (Å²) in [5.41, 5.74) is 1.57. The van der Waals surface area contributed by atoms with Crippen LogP contribution in [0.2, 0.25) is 0 Å². The van der Waals surface area contributed by atoms with Crippen molar-refractivity contribution < 1.29 is 4.21 Å². The average molecular weight is 292 g/mol. The molecule has 5 nitrogen and oxygen atoms in total. The van der Waals surface area contributed by atoms with Crippen LogP contribution in [0.25, 0.3) is 10.9 Å². The Labute approximate surface area is 121 Å². The van der Waals surface area contributed by atoms with Crippen LogP contribution >= 0.6 is 0 Å². The Morgan fingerprint density at radius 3 is 2.85 bits per heavy atom. The van der Waals surface area contributed by atoms with Crippen molar-refractivity contribution in [3.05, 3.63) is 24.2 Å². The van der Waals surface area contributed by atoms with E-state index in [-0.39, 0.29) is 4.75 Å². The summed E-state index contributed by atoms with van der Waals surface area (Å²) in [5.74, 6) is 0. The summed E-state index contributed by atoms with van der Waals surface area (Å²) in [6.45, 7) is 8.69. The van der Waals surface area contributed by atoms with Crippen LogP contribution in [0.15, 0.2) is 22.9 Å². The fourth-order valence-corrected chi connectivity index (χ4v) is 2.19. The lowest BCUT2D eigenvalue weighted by Gasteiger charge is -2.12. The maximum Gasteiger partial charge on any atom is 0.144 e. The molecule has 0 fully saturated rings. The number of aryl methyl sites for hydroxylation is 1. The zero-order valence-corrected chi connectivity index (χ0v) is 13.1. The molecule has 2 rings (SSSR count). The molecule has 2 aromatic heterocycles. The first-order chi connectivity index (χ1) is 9.40. The molecule has 0 aliphatic heterocycles. The van der Waals surface area contributed by atoms with Crippen LogP contribution in [0, 0.1) is 0 Å². The van der Waals surface area contributed by atoms with Crippen LogP contribution in [0.5, 0.6) is 0 Å². The van der Waals surface area contributed by atoms with Crippen molar-refractivity contribution >= 4 is 28.1 Å². The first-order valence-corrected chi connectivity index (χ1v) is 7.80. The van der Waals surface area contributed by atoms with Gasteiger partial charge in [0.25, 0.3) is 0 Å². The van der Waals surface area contributed by atoms with Gasteiger partial charge in [-0.05, 0) is 33.3 Å². The highest BCUT2D eigenvalue weighted by molar-refractivity contribution is 7.85. The van der Waals surface area contributed by atoms with Crippen molar-refractivity contribution in [2.45, 2.75) is 45.4 Å². The zero-order valence-electron chi connectivity index (χ0n) is 12.3. The molecule has 0 aromatic carbocycles. The van der Waals surface area contributed by atoms with E-state index in [0.29, 0.717) is 5.69 Å². The van der Waals surface area contributed by atoms with Crippen LogP contribution in [-0.4, -0.2) is 29.9 Å². The number of hydrogen-bond acceptors (Lipinski definition) is 3. The number of nitrogens with zero attached hydrogens (tertiary/aromatic N) is 4. The van der Waals surface area contributed by atoms with Gasteiger partial charge in [-0.3, -0.25) is 9.67 Å². The Morgan fingerprint density at radius 1 is 1.45 bits per heavy atom. The molecule has 1 unspecified atom stereocenters. The second-order valence-electron chi connectivity index (χ2n) is 5.66. The SMILES string of the molecule is CCCn1cc2cc(/C=N/S(=O)C(C)(C)C)ncc2n1. The van der Waals surface area contributed by atoms with E-state index in [1.54, 1.807) is 12.4 Å². The molecule has 0 saturated heterocycles. The van der Waals surface area contributed by atoms with E-state index in [2.05, 4.69) is 21.4 Å². The van der Waals surface area contributed by atoms with Gasteiger partial charge >= 0.3 is 0 Å². The Morgan fingerprint density at radius 2 is 2.20 bits per heavy atom. The third-order valence-electron chi connectivity index (χ3n) is 2.72. The smallest absolute Gasteiger partial charge is 0.144 e. The van der Waals surface area contributed by atoms with Crippen molar-refractivity contribution in [1.82, 2.24) is 14.8 Å². The summed E-state index contributed by atoms with van der Waals surface area (Å²) in [6, 6.07) is 1.91. The van der Waals surface area contributed by atoms with Crippen molar-refractivity contribution in [3.63, 3.8) is 0 Å². The van der Waals surface area contributed by atoms with E-state index in [1.807, 2.05) is 37.7 Å². The predicted molar refractivity (Wildman–Crippen MR) is 83.3 cm³/mol. The summed E-state index contributed by atoms with van der Waals surface area (Å²) >= 11 is 0. The highest BCUT2D eigenvalue weighted by Crippen LogP contribution is 2.14. The van der Waals surface area contributed by atoms with Crippen molar-refractivity contribution in [2.75, 3.05) is 0 Å². The van der Waals surface area contributed by atoms with Gasteiger partial charge in [0, 0.05) is 18.1 Å². The Bertz CT molecular complexity index is 655. The van der Waals surface area contributed by atoms with Crippen LogP contribution in [-0.2, 0) is 17.5 Å². The predicted octanol–water partition coefficient (Wildman–Crippen LogP) is 2.72. The Hall–Kier alpha value is -1.56. The second kappa shape index (κ2) is 5.83. The highest BCUT2D eigenvalue weighted by atomic mass is 32.2. The van der Waals surface area contributed by atoms with E-state index >= 15 is 0 Å². The van der Waals surface area contributed by atoms with Crippen molar-refractivity contribution in [3.8, 4) is 0 Å². The molecule has 2 aromatic rings. The number of pyridine rings is 1. The maximum absolute atomic E-state index is 11.9. The van der Waals surface area contributed by atoms with Crippen LogP contribution < -0.4 is 0 Å². The normalized spacial score (nSPS) is 14.2. The minimum atomic E-state index is -1.26. The van der Waals surface area contributed by atoms with Gasteiger partial charge in [0.2, 0.25) is 0 Å². The first kappa shape index (κ1) is 14.8. The van der Waals surface area contributed by atoms with Crippen LogP contribution in [0.3, 0.4) is 0 Å². The topological polar surface area (TPSA) is 60.1 Å². The average Bonchev–Trinajstić information content (AvgIpc) is 2.76. The molecule has 2 heterocycles. The summed E-state index contributed by atoms with van der Waals surface area (Å²) < 4.78 is 17.5. The van der Waals surface area contributed by atoms with Gasteiger partial charge in [-0.1, -0.05) is 6.92 Å². The molecule has 1 atom stereocenters. The number of aromatic nitrogens is 3. The zero-order chi connectivity index (χ0) is 14.8. The molecule has 0 saturated carbocycles. The fourth-order valence-electron chi connectivity index (χ4n) is 1.67. The summed E-state index contributed by atoms with van der Waals surface area (Å²) in [7, 11) is -1.26. The standard InChI is InChI=1S/C14H20N4OS/c1-5-6-18-10-11-7-12(15-9-13(11)17-18)8-16-20(19)14(2,3)4/h7-10H,5-6H2,1-4H3/b16-8+. The first-order valence-electron chi connectivity index (χ1n) is 6.69. The highest BCUT2D eigenvalue weighted by Gasteiger charge is 2.18. The number of hydrogen-bond donors (Lipinski definition) is 0. The third-order valence-corrected chi connectivity index (χ3v) is 4.06. The van der Waals surface area contributed by atoms with Gasteiger partial charge in [-0.2, -0.15) is 9.50 Å². The van der Waals surface area contributed by atoms with Gasteiger partial charge < -0.3 is 0 Å². The lowest BCUT2D eigenvalue weighted by Crippen LogP contribution is -2.19. The van der Waals surface area contributed by atoms with E-state index in [9.17, 15) is 4.21 Å². The molecule has 0 N–H and O–H groups in total. The van der Waals surface area contributed by atoms with Gasteiger partial charge in [0.1, 0.15) is 16.5 Å². The largest absolute Gasteiger partial charge is 0.271 e. The van der Waals surface area contributed by atoms with E-state index in [0.717, 1.165) is 23.9 Å². The molecular formula is C14H20N4OS. The Kier molecular flexibility index (Phi) is 4.32. The molecule has 0 aliphatic carbocycles. The molecule has 0 amide bonds. The van der Waals surface area contributed by atoms with Crippen molar-refractivity contribution in [2.24, 2.45) is 4.40 Å². The van der Waals surface area contributed by atoms with E-state index in [4.69, 9.17) is 0 Å². The minimum absolute atomic E-state index is 0.355. The molecular weight excluding hydrogens is 272 g/mol. The molecule has 108 valence electrons. The van der Waals surface area contributed by atoms with E-state index < -0.39 is 11.0 Å². The van der Waals surface area contributed by atoms with Crippen LogP contribution in [0.1, 0.15) is 39.8 Å². The summed E-state index contributed by atoms with van der Waals surface area (Å²) in [6.07, 6.45) is 6.33. The molecule has 0 bridgehead atoms. The fraction of sp³-hybridized carbons (Fsp3) is 0.500. The van der Waals surface area contributed by atoms with Crippen LogP contribution in [0.4, 0.5) is 0 Å². The van der Waals surface area contributed by atoms with Gasteiger partial charge in [0.05, 0.1) is 22.9 Å². The van der Waals surface area contributed by atoms with Gasteiger partial charge in [-0.15, -0.1) is 0 Å². The van der Waals surface area contributed by atoms with Crippen molar-refractivity contribution in [1.29, 1.82) is 0 Å². The molecule has 20 heavy (non-hydrogen) atoms. The maximum atomic E-state index is 11.9. The number of rotatable bonds is 4. The third kappa shape index (κ3) is 3.50. The minimum Gasteiger partial charge on any atom is -0.271 e.